The van der Waals surface area contributed by atoms with Gasteiger partial charge in [-0.3, -0.25) is 9.59 Å². The third-order valence-electron chi connectivity index (χ3n) is 9.23. The lowest BCUT2D eigenvalue weighted by atomic mass is 10.1. The summed E-state index contributed by atoms with van der Waals surface area (Å²) in [6.07, 6.45) is 4.31. The number of carboxylic acids is 1. The molecule has 2 fully saturated rings. The van der Waals surface area contributed by atoms with E-state index >= 15 is 0 Å². The molecular weight excluding hydrogens is 673 g/mol. The Labute approximate surface area is 301 Å². The molecule has 0 bridgehead atoms. The smallest absolute Gasteiger partial charge is 0.408 e. The molecule has 13 heteroatoms. The van der Waals surface area contributed by atoms with Crippen LogP contribution in [0.4, 0.5) is 4.79 Å². The molecule has 0 radical (unpaired) electrons. The fourth-order valence-electron chi connectivity index (χ4n) is 6.57. The summed E-state index contributed by atoms with van der Waals surface area (Å²) in [5, 5.41) is 16.5. The van der Waals surface area contributed by atoms with Crippen LogP contribution in [0.1, 0.15) is 46.5 Å². The van der Waals surface area contributed by atoms with Gasteiger partial charge in [0.2, 0.25) is 11.8 Å². The Balaban J connectivity index is 1.34. The predicted molar refractivity (Wildman–Crippen MR) is 194 cm³/mol. The van der Waals surface area contributed by atoms with Crippen LogP contribution in [0, 0.1) is 5.92 Å². The number of aromatic nitrogens is 1. The van der Waals surface area contributed by atoms with Crippen molar-refractivity contribution in [2.24, 2.45) is 5.92 Å². The molecule has 0 spiro atoms. The first-order valence-electron chi connectivity index (χ1n) is 17.2. The maximum Gasteiger partial charge on any atom is 0.408 e. The summed E-state index contributed by atoms with van der Waals surface area (Å²) in [5.41, 5.74) is -0.0510. The van der Waals surface area contributed by atoms with Crippen molar-refractivity contribution < 1.29 is 38.5 Å². The van der Waals surface area contributed by atoms with Crippen LogP contribution in [0.25, 0.3) is 22.2 Å². The number of allylic oxidation sites excluding steroid dienone is 1. The topological polar surface area (TPSA) is 156 Å². The van der Waals surface area contributed by atoms with E-state index in [2.05, 4.69) is 10.6 Å². The normalized spacial score (nSPS) is 26.1. The molecular formula is C38H44N4O8S. The van der Waals surface area contributed by atoms with Gasteiger partial charge in [0.1, 0.15) is 40.8 Å². The highest BCUT2D eigenvalue weighted by atomic mass is 32.2. The first kappa shape index (κ1) is 36.0. The molecule has 51 heavy (non-hydrogen) atoms. The molecule has 0 unspecified atom stereocenters. The van der Waals surface area contributed by atoms with Gasteiger partial charge in [-0.1, -0.05) is 42.5 Å². The number of benzene rings is 2. The number of nitrogens with zero attached hydrogens (tertiary/aromatic N) is 2. The van der Waals surface area contributed by atoms with Gasteiger partial charge in [0.25, 0.3) is 0 Å². The van der Waals surface area contributed by atoms with E-state index in [0.717, 1.165) is 24.2 Å². The molecule has 2 aromatic carbocycles. The fourth-order valence-corrected chi connectivity index (χ4v) is 7.57. The Bertz CT molecular complexity index is 1830. The van der Waals surface area contributed by atoms with Crippen molar-refractivity contribution in [1.82, 2.24) is 20.5 Å². The van der Waals surface area contributed by atoms with Crippen molar-refractivity contribution in [2.45, 2.75) is 75.8 Å². The highest BCUT2D eigenvalue weighted by Crippen LogP contribution is 2.45. The Morgan fingerprint density at radius 3 is 2.63 bits per heavy atom. The molecule has 12 nitrogen and oxygen atoms in total. The zero-order valence-corrected chi connectivity index (χ0v) is 30.0. The number of thioether (sulfide) groups is 1. The number of amides is 3. The van der Waals surface area contributed by atoms with E-state index < -0.39 is 53.2 Å². The lowest BCUT2D eigenvalue weighted by Gasteiger charge is -2.30. The zero-order valence-electron chi connectivity index (χ0n) is 29.2. The van der Waals surface area contributed by atoms with Gasteiger partial charge in [0, 0.05) is 41.2 Å². The number of carbonyl (C=O) groups is 4. The molecule has 3 aliphatic rings. The standard InChI is InChI=1S/C38H44N4O8S/c1-37(2,3)50-36(47)40-30-22-51-16-10-6-9-13-24-20-38(24,35(45)46)41-33(43)31-18-26(21-42(31)34(30)44)49-32-19-28(23-11-7-5-8-12-23)39-29-17-25(48-4)14-15-27(29)32/h5,7-9,11-15,17,19,24,26,30-31H,6,10,16,18,20-22H2,1-4H3,(H,40,47)(H,41,43)(H,45,46)/b13-9-/t24-,26-,30-,31+,38-/m1/s1. The van der Waals surface area contributed by atoms with Crippen molar-refractivity contribution in [3.8, 4) is 22.8 Å². The summed E-state index contributed by atoms with van der Waals surface area (Å²) in [4.78, 5) is 60.2. The van der Waals surface area contributed by atoms with Crippen molar-refractivity contribution in [3.63, 3.8) is 0 Å². The van der Waals surface area contributed by atoms with Gasteiger partial charge in [-0.2, -0.15) is 11.8 Å². The second-order valence-corrected chi connectivity index (χ2v) is 15.3. The molecule has 3 amide bonds. The number of carbonyl (C=O) groups excluding carboxylic acids is 3. The Kier molecular flexibility index (Phi) is 10.5. The molecule has 2 aliphatic heterocycles. The molecule has 3 heterocycles. The van der Waals surface area contributed by atoms with Gasteiger partial charge in [-0.05, 0) is 57.9 Å². The van der Waals surface area contributed by atoms with Crippen molar-refractivity contribution in [2.75, 3.05) is 25.2 Å². The van der Waals surface area contributed by atoms with E-state index in [-0.39, 0.29) is 31.1 Å². The van der Waals surface area contributed by atoms with Crippen molar-refractivity contribution >= 4 is 46.5 Å². The number of aliphatic carboxylic acids is 1. The summed E-state index contributed by atoms with van der Waals surface area (Å²) < 4.78 is 17.6. The van der Waals surface area contributed by atoms with Crippen LogP contribution in [-0.2, 0) is 19.1 Å². The largest absolute Gasteiger partial charge is 0.497 e. The molecule has 270 valence electrons. The SMILES string of the molecule is COc1ccc2c(O[C@@H]3C[C@H]4C(=O)N[C@]5(C(=O)O)C[C@H]5/C=C\CCCSC[C@@H](NC(=O)OC(C)(C)C)C(=O)N4C3)cc(-c3ccccc3)nc2c1. The number of ether oxygens (including phenoxy) is 3. The number of hydrogen-bond donors (Lipinski definition) is 3. The molecule has 1 saturated heterocycles. The van der Waals surface area contributed by atoms with Crippen molar-refractivity contribution in [3.05, 3.63) is 66.7 Å². The average Bonchev–Trinajstić information content (AvgIpc) is 3.63. The van der Waals surface area contributed by atoms with E-state index in [9.17, 15) is 24.3 Å². The van der Waals surface area contributed by atoms with E-state index in [1.807, 2.05) is 66.7 Å². The Morgan fingerprint density at radius 1 is 1.12 bits per heavy atom. The number of fused-ring (bicyclic) bond motifs is 3. The van der Waals surface area contributed by atoms with Crippen molar-refractivity contribution in [1.29, 1.82) is 0 Å². The monoisotopic (exact) mass is 716 g/mol. The summed E-state index contributed by atoms with van der Waals surface area (Å²) in [6, 6.07) is 14.9. The van der Waals surface area contributed by atoms with Crippen LogP contribution in [0.3, 0.4) is 0 Å². The number of carboxylic acid groups (broad SMARTS) is 1. The third kappa shape index (κ3) is 8.24. The van der Waals surface area contributed by atoms with E-state index in [1.54, 1.807) is 27.9 Å². The molecule has 3 N–H and O–H groups in total. The van der Waals surface area contributed by atoms with E-state index in [1.165, 1.54) is 16.7 Å². The maximum absolute atomic E-state index is 14.4. The Morgan fingerprint density at radius 2 is 1.90 bits per heavy atom. The van der Waals surface area contributed by atoms with Crippen LogP contribution in [-0.4, -0.2) is 93.4 Å². The average molecular weight is 717 g/mol. The van der Waals surface area contributed by atoms with Crippen LogP contribution in [0.15, 0.2) is 66.7 Å². The zero-order chi connectivity index (χ0) is 36.3. The molecule has 6 rings (SSSR count). The number of nitrogens with one attached hydrogen (secondary N) is 2. The number of methoxy groups -OCH3 is 1. The Hall–Kier alpha value is -4.78. The summed E-state index contributed by atoms with van der Waals surface area (Å²) in [7, 11) is 1.58. The van der Waals surface area contributed by atoms with Gasteiger partial charge in [0.05, 0.1) is 24.9 Å². The van der Waals surface area contributed by atoms with E-state index in [0.29, 0.717) is 28.1 Å². The number of pyridine rings is 1. The van der Waals surface area contributed by atoms with Gasteiger partial charge < -0.3 is 34.9 Å². The highest BCUT2D eigenvalue weighted by molar-refractivity contribution is 7.99. The molecule has 5 atom stereocenters. The lowest BCUT2D eigenvalue weighted by Crippen LogP contribution is -2.57. The molecule has 1 aromatic heterocycles. The number of alkyl carbamates (subject to hydrolysis) is 1. The molecule has 1 saturated carbocycles. The van der Waals surface area contributed by atoms with Gasteiger partial charge in [-0.25, -0.2) is 14.6 Å². The van der Waals surface area contributed by atoms with Crippen LogP contribution >= 0.6 is 11.8 Å². The number of hydrogen-bond acceptors (Lipinski definition) is 9. The minimum atomic E-state index is -1.45. The first-order valence-corrected chi connectivity index (χ1v) is 18.3. The van der Waals surface area contributed by atoms with E-state index in [4.69, 9.17) is 19.2 Å². The number of rotatable bonds is 6. The molecule has 1 aliphatic carbocycles. The first-order chi connectivity index (χ1) is 24.4. The lowest BCUT2D eigenvalue weighted by molar-refractivity contribution is -0.145. The molecule has 3 aromatic rings. The van der Waals surface area contributed by atoms with Gasteiger partial charge >= 0.3 is 12.1 Å². The highest BCUT2D eigenvalue weighted by Gasteiger charge is 2.61. The summed E-state index contributed by atoms with van der Waals surface area (Å²) in [6.45, 7) is 5.24. The second-order valence-electron chi connectivity index (χ2n) is 14.2. The summed E-state index contributed by atoms with van der Waals surface area (Å²) in [5.74, 6) is -0.415. The minimum absolute atomic E-state index is 0.0259. The quantitative estimate of drug-likeness (QED) is 0.290. The second kappa shape index (κ2) is 14.8. The summed E-state index contributed by atoms with van der Waals surface area (Å²) >= 11 is 1.52. The van der Waals surface area contributed by atoms with Gasteiger partial charge in [0.15, 0.2) is 0 Å². The fraction of sp³-hybridized carbons (Fsp3) is 0.447. The van der Waals surface area contributed by atoms with Crippen LogP contribution in [0.5, 0.6) is 11.5 Å². The maximum atomic E-state index is 14.4. The third-order valence-corrected chi connectivity index (χ3v) is 10.4. The van der Waals surface area contributed by atoms with Crippen LogP contribution < -0.4 is 20.1 Å². The van der Waals surface area contributed by atoms with Gasteiger partial charge in [-0.15, -0.1) is 0 Å². The van der Waals surface area contributed by atoms with Crippen LogP contribution in [0.2, 0.25) is 0 Å². The minimum Gasteiger partial charge on any atom is -0.497 e. The predicted octanol–water partition coefficient (Wildman–Crippen LogP) is 5.19.